The average molecular weight is 278 g/mol. The molecule has 0 radical (unpaired) electrons. The molecule has 2 heterocycles. The molecule has 0 atom stereocenters. The van der Waals surface area contributed by atoms with E-state index < -0.39 is 0 Å². The summed E-state index contributed by atoms with van der Waals surface area (Å²) >= 11 is 0. The van der Waals surface area contributed by atoms with E-state index in [-0.39, 0.29) is 11.8 Å². The first-order valence-electron chi connectivity index (χ1n) is 7.50. The lowest BCUT2D eigenvalue weighted by Crippen LogP contribution is -2.41. The van der Waals surface area contributed by atoms with Gasteiger partial charge in [0.15, 0.2) is 0 Å². The number of likely N-dealkylation sites (tertiary alicyclic amines) is 1. The SMILES string of the molecule is CC(C)c1nc(C(=O)N2CCC(C(C)(C)C)CC2)n[nH]1. The zero-order valence-electron chi connectivity index (χ0n) is 13.2. The van der Waals surface area contributed by atoms with Gasteiger partial charge in [-0.2, -0.15) is 0 Å². The Hall–Kier alpha value is -1.39. The Morgan fingerprint density at radius 2 is 1.90 bits per heavy atom. The van der Waals surface area contributed by atoms with E-state index in [2.05, 4.69) is 36.0 Å². The van der Waals surface area contributed by atoms with Gasteiger partial charge in [0.1, 0.15) is 5.82 Å². The third-order valence-electron chi connectivity index (χ3n) is 4.25. The summed E-state index contributed by atoms with van der Waals surface area (Å²) in [5.41, 5.74) is 0.324. The number of carbonyl (C=O) groups is 1. The minimum absolute atomic E-state index is 0.0412. The quantitative estimate of drug-likeness (QED) is 0.905. The van der Waals surface area contributed by atoms with E-state index in [9.17, 15) is 4.79 Å². The molecule has 5 heteroatoms. The third kappa shape index (κ3) is 3.19. The van der Waals surface area contributed by atoms with Crippen molar-refractivity contribution >= 4 is 5.91 Å². The Bertz CT molecular complexity index is 464. The molecule has 1 aliphatic heterocycles. The lowest BCUT2D eigenvalue weighted by atomic mass is 9.75. The van der Waals surface area contributed by atoms with Crippen molar-refractivity contribution in [3.05, 3.63) is 11.6 Å². The molecule has 20 heavy (non-hydrogen) atoms. The maximum atomic E-state index is 12.4. The first-order valence-corrected chi connectivity index (χ1v) is 7.50. The second-order valence-corrected chi connectivity index (χ2v) is 7.13. The molecule has 1 aromatic rings. The van der Waals surface area contributed by atoms with Gasteiger partial charge in [0.25, 0.3) is 5.91 Å². The average Bonchev–Trinajstić information content (AvgIpc) is 2.86. The number of aromatic nitrogens is 3. The third-order valence-corrected chi connectivity index (χ3v) is 4.25. The highest BCUT2D eigenvalue weighted by Crippen LogP contribution is 2.34. The van der Waals surface area contributed by atoms with Crippen LogP contribution in [0.25, 0.3) is 0 Å². The summed E-state index contributed by atoms with van der Waals surface area (Å²) in [7, 11) is 0. The molecule has 2 rings (SSSR count). The van der Waals surface area contributed by atoms with Crippen molar-refractivity contribution in [3.63, 3.8) is 0 Å². The van der Waals surface area contributed by atoms with Crippen LogP contribution in [-0.4, -0.2) is 39.1 Å². The summed E-state index contributed by atoms with van der Waals surface area (Å²) in [6.07, 6.45) is 2.13. The van der Waals surface area contributed by atoms with E-state index in [1.807, 2.05) is 18.7 Å². The van der Waals surface area contributed by atoms with Crippen LogP contribution in [0.15, 0.2) is 0 Å². The molecule has 1 aromatic heterocycles. The van der Waals surface area contributed by atoms with Gasteiger partial charge in [0.2, 0.25) is 5.82 Å². The van der Waals surface area contributed by atoms with Gasteiger partial charge < -0.3 is 4.90 Å². The largest absolute Gasteiger partial charge is 0.336 e. The molecule has 1 aliphatic rings. The van der Waals surface area contributed by atoms with E-state index in [4.69, 9.17) is 0 Å². The van der Waals surface area contributed by atoms with Gasteiger partial charge >= 0.3 is 0 Å². The summed E-state index contributed by atoms with van der Waals surface area (Å²) < 4.78 is 0. The summed E-state index contributed by atoms with van der Waals surface area (Å²) in [5.74, 6) is 1.99. The maximum Gasteiger partial charge on any atom is 0.293 e. The number of nitrogens with zero attached hydrogens (tertiary/aromatic N) is 3. The van der Waals surface area contributed by atoms with Gasteiger partial charge in [-0.3, -0.25) is 9.89 Å². The predicted molar refractivity (Wildman–Crippen MR) is 78.6 cm³/mol. The molecule has 1 N–H and O–H groups in total. The fourth-order valence-corrected chi connectivity index (χ4v) is 2.72. The number of aromatic amines is 1. The number of amides is 1. The molecule has 112 valence electrons. The second kappa shape index (κ2) is 5.54. The second-order valence-electron chi connectivity index (χ2n) is 7.13. The van der Waals surface area contributed by atoms with E-state index in [0.717, 1.165) is 31.8 Å². The first kappa shape index (κ1) is 15.0. The zero-order chi connectivity index (χ0) is 14.9. The Kier molecular flexibility index (Phi) is 4.16. The fraction of sp³-hybridized carbons (Fsp3) is 0.800. The molecule has 0 aromatic carbocycles. The van der Waals surface area contributed by atoms with Crippen LogP contribution in [0.5, 0.6) is 0 Å². The Labute approximate surface area is 121 Å². The highest BCUT2D eigenvalue weighted by molar-refractivity contribution is 5.90. The standard InChI is InChI=1S/C15H26N4O/c1-10(2)12-16-13(18-17-12)14(20)19-8-6-11(7-9-19)15(3,4)5/h10-11H,6-9H2,1-5H3,(H,16,17,18). The van der Waals surface area contributed by atoms with Crippen molar-refractivity contribution in [2.24, 2.45) is 11.3 Å². The number of hydrogen-bond donors (Lipinski definition) is 1. The molecule has 0 unspecified atom stereocenters. The normalized spacial score (nSPS) is 17.8. The minimum Gasteiger partial charge on any atom is -0.336 e. The van der Waals surface area contributed by atoms with Crippen LogP contribution in [0, 0.1) is 11.3 Å². The molecule has 1 amide bonds. The van der Waals surface area contributed by atoms with E-state index in [1.54, 1.807) is 0 Å². The Balaban J connectivity index is 1.98. The minimum atomic E-state index is -0.0412. The first-order chi connectivity index (χ1) is 9.29. The van der Waals surface area contributed by atoms with Crippen molar-refractivity contribution in [1.29, 1.82) is 0 Å². The molecule has 1 saturated heterocycles. The molecule has 0 spiro atoms. The number of hydrogen-bond acceptors (Lipinski definition) is 3. The summed E-state index contributed by atoms with van der Waals surface area (Å²) in [6, 6.07) is 0. The van der Waals surface area contributed by atoms with Gasteiger partial charge in [0.05, 0.1) is 0 Å². The molecule has 0 saturated carbocycles. The Morgan fingerprint density at radius 3 is 2.35 bits per heavy atom. The van der Waals surface area contributed by atoms with Crippen molar-refractivity contribution in [1.82, 2.24) is 20.1 Å². The molecule has 0 bridgehead atoms. The van der Waals surface area contributed by atoms with Crippen molar-refractivity contribution in [2.45, 2.75) is 53.4 Å². The van der Waals surface area contributed by atoms with Crippen LogP contribution in [0.1, 0.15) is 69.8 Å². The van der Waals surface area contributed by atoms with E-state index >= 15 is 0 Å². The lowest BCUT2D eigenvalue weighted by Gasteiger charge is -2.38. The zero-order valence-corrected chi connectivity index (χ0v) is 13.2. The molecular weight excluding hydrogens is 252 g/mol. The topological polar surface area (TPSA) is 61.9 Å². The highest BCUT2D eigenvalue weighted by Gasteiger charge is 2.31. The molecular formula is C15H26N4O. The number of carbonyl (C=O) groups excluding carboxylic acids is 1. The van der Waals surface area contributed by atoms with E-state index in [0.29, 0.717) is 17.2 Å². The van der Waals surface area contributed by atoms with Crippen LogP contribution in [0.2, 0.25) is 0 Å². The van der Waals surface area contributed by atoms with Gasteiger partial charge in [-0.1, -0.05) is 34.6 Å². The monoisotopic (exact) mass is 278 g/mol. The van der Waals surface area contributed by atoms with Gasteiger partial charge in [0, 0.05) is 19.0 Å². The number of H-pyrrole nitrogens is 1. The van der Waals surface area contributed by atoms with Crippen molar-refractivity contribution < 1.29 is 4.79 Å². The summed E-state index contributed by atoms with van der Waals surface area (Å²) in [4.78, 5) is 18.6. The van der Waals surface area contributed by atoms with Crippen molar-refractivity contribution in [3.8, 4) is 0 Å². The Morgan fingerprint density at radius 1 is 1.30 bits per heavy atom. The smallest absolute Gasteiger partial charge is 0.293 e. The van der Waals surface area contributed by atoms with Crippen LogP contribution in [0.3, 0.4) is 0 Å². The predicted octanol–water partition coefficient (Wildman–Crippen LogP) is 2.83. The number of piperidine rings is 1. The number of rotatable bonds is 2. The van der Waals surface area contributed by atoms with Crippen molar-refractivity contribution in [2.75, 3.05) is 13.1 Å². The van der Waals surface area contributed by atoms with Gasteiger partial charge in [-0.15, -0.1) is 5.10 Å². The fourth-order valence-electron chi connectivity index (χ4n) is 2.72. The highest BCUT2D eigenvalue weighted by atomic mass is 16.2. The number of nitrogens with one attached hydrogen (secondary N) is 1. The summed E-state index contributed by atoms with van der Waals surface area (Å²) in [6.45, 7) is 12.5. The van der Waals surface area contributed by atoms with Gasteiger partial charge in [-0.05, 0) is 24.2 Å². The van der Waals surface area contributed by atoms with Crippen LogP contribution < -0.4 is 0 Å². The van der Waals surface area contributed by atoms with Crippen LogP contribution in [0.4, 0.5) is 0 Å². The van der Waals surface area contributed by atoms with Crippen LogP contribution >= 0.6 is 0 Å². The summed E-state index contributed by atoms with van der Waals surface area (Å²) in [5, 5.41) is 6.90. The maximum absolute atomic E-state index is 12.4. The molecule has 5 nitrogen and oxygen atoms in total. The molecule has 0 aliphatic carbocycles. The van der Waals surface area contributed by atoms with E-state index in [1.165, 1.54) is 0 Å². The molecule has 1 fully saturated rings. The van der Waals surface area contributed by atoms with Crippen LogP contribution in [-0.2, 0) is 0 Å². The van der Waals surface area contributed by atoms with Gasteiger partial charge in [-0.25, -0.2) is 4.98 Å². The lowest BCUT2D eigenvalue weighted by molar-refractivity contribution is 0.0597.